The van der Waals surface area contributed by atoms with E-state index in [0.717, 1.165) is 26.3 Å². The molecule has 3 aromatic carbocycles. The van der Waals surface area contributed by atoms with E-state index in [-0.39, 0.29) is 23.5 Å². The van der Waals surface area contributed by atoms with Crippen molar-refractivity contribution in [3.8, 4) is 5.75 Å². The molecule has 0 radical (unpaired) electrons. The molecule has 1 fully saturated rings. The molecule has 9 heteroatoms. The first-order valence-corrected chi connectivity index (χ1v) is 14.8. The topological polar surface area (TPSA) is 88.8 Å². The Morgan fingerprint density at radius 3 is 2.47 bits per heavy atom. The van der Waals surface area contributed by atoms with Crippen LogP contribution in [-0.2, 0) is 21.4 Å². The van der Waals surface area contributed by atoms with Gasteiger partial charge in [-0.15, -0.1) is 0 Å². The van der Waals surface area contributed by atoms with Crippen LogP contribution in [0.25, 0.3) is 10.9 Å². The van der Waals surface area contributed by atoms with Crippen LogP contribution in [0, 0.1) is 0 Å². The van der Waals surface area contributed by atoms with Crippen molar-refractivity contribution in [2.75, 3.05) is 13.1 Å². The molecule has 0 amide bonds. The molecule has 1 N–H and O–H groups in total. The molecular formula is C29H30N2O5S2. The first-order chi connectivity index (χ1) is 18.2. The maximum Gasteiger partial charge on any atom is 0.323 e. The van der Waals surface area contributed by atoms with E-state index in [1.54, 1.807) is 40.6 Å². The van der Waals surface area contributed by atoms with Gasteiger partial charge in [0.1, 0.15) is 12.3 Å². The van der Waals surface area contributed by atoms with Gasteiger partial charge in [-0.25, -0.2) is 8.42 Å². The van der Waals surface area contributed by atoms with Crippen LogP contribution < -0.4 is 4.74 Å². The maximum atomic E-state index is 13.4. The molecule has 0 spiro atoms. The van der Waals surface area contributed by atoms with E-state index in [0.29, 0.717) is 25.3 Å². The number of fused-ring (bicyclic) bond motifs is 1. The van der Waals surface area contributed by atoms with E-state index < -0.39 is 16.0 Å². The van der Waals surface area contributed by atoms with Crippen LogP contribution in [0.2, 0.25) is 0 Å². The molecule has 1 aliphatic heterocycles. The molecule has 0 aliphatic carbocycles. The molecule has 2 heterocycles. The minimum Gasteiger partial charge on any atom is -0.491 e. The van der Waals surface area contributed by atoms with Gasteiger partial charge in [0, 0.05) is 45.9 Å². The number of aromatic nitrogens is 1. The highest BCUT2D eigenvalue weighted by Gasteiger charge is 2.34. The summed E-state index contributed by atoms with van der Waals surface area (Å²) >= 11 is 1.62. The summed E-state index contributed by atoms with van der Waals surface area (Å²) in [6.07, 6.45) is 2.56. The standard InChI is InChI=1S/C29H30N2O5S2/c1-20(2)36-22-8-11-25(12-9-22)38(34,35)31-15-14-21(17-31)27-18-30(19-29(32)33)28-16-24(10-13-26(27)28)37-23-6-4-3-5-7-23/h3-13,16,18,20-21H,14-15,17,19H2,1-2H3,(H,32,33). The van der Waals surface area contributed by atoms with Crippen molar-refractivity contribution in [2.24, 2.45) is 0 Å². The fourth-order valence-electron chi connectivity index (χ4n) is 4.90. The Morgan fingerprint density at radius 2 is 1.79 bits per heavy atom. The molecule has 1 aliphatic rings. The number of hydrogen-bond donors (Lipinski definition) is 1. The highest BCUT2D eigenvalue weighted by Crippen LogP contribution is 2.38. The lowest BCUT2D eigenvalue weighted by molar-refractivity contribution is -0.137. The van der Waals surface area contributed by atoms with Gasteiger partial charge < -0.3 is 14.4 Å². The molecule has 7 nitrogen and oxygen atoms in total. The minimum atomic E-state index is -3.66. The molecule has 5 rings (SSSR count). The molecule has 0 saturated carbocycles. The van der Waals surface area contributed by atoms with Crippen LogP contribution in [0.5, 0.6) is 5.75 Å². The monoisotopic (exact) mass is 550 g/mol. The molecule has 38 heavy (non-hydrogen) atoms. The van der Waals surface area contributed by atoms with Crippen LogP contribution in [0.15, 0.2) is 93.7 Å². The van der Waals surface area contributed by atoms with Crippen LogP contribution in [0.3, 0.4) is 0 Å². The van der Waals surface area contributed by atoms with Gasteiger partial charge in [-0.05, 0) is 74.4 Å². The third-order valence-corrected chi connectivity index (χ3v) is 9.47. The average molecular weight is 551 g/mol. The summed E-state index contributed by atoms with van der Waals surface area (Å²) < 4.78 is 35.7. The summed E-state index contributed by atoms with van der Waals surface area (Å²) in [6.45, 7) is 4.44. The highest BCUT2D eigenvalue weighted by molar-refractivity contribution is 7.99. The second-order valence-corrected chi connectivity index (χ2v) is 12.8. The summed E-state index contributed by atoms with van der Waals surface area (Å²) in [4.78, 5) is 14.0. The lowest BCUT2D eigenvalue weighted by Crippen LogP contribution is -2.28. The van der Waals surface area contributed by atoms with Crippen molar-refractivity contribution in [3.63, 3.8) is 0 Å². The van der Waals surface area contributed by atoms with Crippen molar-refractivity contribution >= 4 is 38.7 Å². The maximum absolute atomic E-state index is 13.4. The number of aliphatic carboxylic acids is 1. The van der Waals surface area contributed by atoms with E-state index >= 15 is 0 Å². The first-order valence-electron chi connectivity index (χ1n) is 12.5. The van der Waals surface area contributed by atoms with Gasteiger partial charge >= 0.3 is 5.97 Å². The Labute approximate surface area is 227 Å². The zero-order valence-corrected chi connectivity index (χ0v) is 22.9. The average Bonchev–Trinajstić information content (AvgIpc) is 3.50. The third kappa shape index (κ3) is 5.60. The quantitative estimate of drug-likeness (QED) is 0.282. The normalized spacial score (nSPS) is 16.3. The molecular weight excluding hydrogens is 520 g/mol. The highest BCUT2D eigenvalue weighted by atomic mass is 32.2. The van der Waals surface area contributed by atoms with Crippen LogP contribution in [0.1, 0.15) is 31.7 Å². The molecule has 0 bridgehead atoms. The number of nitrogens with zero attached hydrogens (tertiary/aromatic N) is 2. The van der Waals surface area contributed by atoms with Gasteiger partial charge in [-0.3, -0.25) is 4.79 Å². The Hall–Kier alpha value is -3.27. The minimum absolute atomic E-state index is 0.00747. The first kappa shape index (κ1) is 26.3. The zero-order valence-electron chi connectivity index (χ0n) is 21.3. The van der Waals surface area contributed by atoms with Gasteiger partial charge in [-0.2, -0.15) is 4.31 Å². The van der Waals surface area contributed by atoms with E-state index in [9.17, 15) is 18.3 Å². The largest absolute Gasteiger partial charge is 0.491 e. The van der Waals surface area contributed by atoms with Crippen molar-refractivity contribution in [3.05, 3.63) is 84.6 Å². The summed E-state index contributed by atoms with van der Waals surface area (Å²) in [5, 5.41) is 10.5. The predicted molar refractivity (Wildman–Crippen MR) is 148 cm³/mol. The molecule has 1 saturated heterocycles. The van der Waals surface area contributed by atoms with Crippen LogP contribution in [0.4, 0.5) is 0 Å². The van der Waals surface area contributed by atoms with Crippen LogP contribution in [-0.4, -0.2) is 47.6 Å². The number of hydrogen-bond acceptors (Lipinski definition) is 5. The number of rotatable bonds is 9. The zero-order chi connectivity index (χ0) is 26.9. The molecule has 1 aromatic heterocycles. The second kappa shape index (κ2) is 10.8. The number of ether oxygens (including phenoxy) is 1. The molecule has 1 unspecified atom stereocenters. The molecule has 1 atom stereocenters. The summed E-state index contributed by atoms with van der Waals surface area (Å²) in [6, 6.07) is 22.6. The van der Waals surface area contributed by atoms with Crippen molar-refractivity contribution < 1.29 is 23.1 Å². The Balaban J connectivity index is 1.40. The van der Waals surface area contributed by atoms with E-state index in [2.05, 4.69) is 0 Å². The summed E-state index contributed by atoms with van der Waals surface area (Å²) in [5.74, 6) is -0.317. The Bertz CT molecular complexity index is 1550. The molecule has 4 aromatic rings. The Kier molecular flexibility index (Phi) is 7.52. The fourth-order valence-corrected chi connectivity index (χ4v) is 7.27. The van der Waals surface area contributed by atoms with Crippen molar-refractivity contribution in [1.29, 1.82) is 0 Å². The van der Waals surface area contributed by atoms with Gasteiger partial charge in [-0.1, -0.05) is 36.0 Å². The lowest BCUT2D eigenvalue weighted by atomic mass is 9.98. The second-order valence-electron chi connectivity index (χ2n) is 9.69. The van der Waals surface area contributed by atoms with Crippen LogP contribution >= 0.6 is 11.8 Å². The van der Waals surface area contributed by atoms with Gasteiger partial charge in [0.2, 0.25) is 10.0 Å². The SMILES string of the molecule is CC(C)Oc1ccc(S(=O)(=O)N2CCC(c3cn(CC(=O)O)c4cc(Sc5ccccc5)ccc34)C2)cc1. The van der Waals surface area contributed by atoms with E-state index in [1.807, 2.05) is 68.6 Å². The molecule has 198 valence electrons. The lowest BCUT2D eigenvalue weighted by Gasteiger charge is -2.17. The van der Waals surface area contributed by atoms with Gasteiger partial charge in [0.05, 0.1) is 11.0 Å². The number of carboxylic acids is 1. The Morgan fingerprint density at radius 1 is 1.05 bits per heavy atom. The summed E-state index contributed by atoms with van der Waals surface area (Å²) in [7, 11) is -3.66. The van der Waals surface area contributed by atoms with Crippen molar-refractivity contribution in [2.45, 2.75) is 53.5 Å². The number of sulfonamides is 1. The van der Waals surface area contributed by atoms with Gasteiger partial charge in [0.15, 0.2) is 0 Å². The van der Waals surface area contributed by atoms with Crippen molar-refractivity contribution in [1.82, 2.24) is 8.87 Å². The van der Waals surface area contributed by atoms with E-state index in [1.165, 1.54) is 4.31 Å². The number of carboxylic acid groups (broad SMARTS) is 1. The van der Waals surface area contributed by atoms with Gasteiger partial charge in [0.25, 0.3) is 0 Å². The summed E-state index contributed by atoms with van der Waals surface area (Å²) in [5.41, 5.74) is 1.82. The van der Waals surface area contributed by atoms with E-state index in [4.69, 9.17) is 4.74 Å². The number of carbonyl (C=O) groups is 1. The smallest absolute Gasteiger partial charge is 0.323 e. The number of benzene rings is 3. The predicted octanol–water partition coefficient (Wildman–Crippen LogP) is 5.84. The third-order valence-electron chi connectivity index (χ3n) is 6.59. The fraction of sp³-hybridized carbons (Fsp3) is 0.276.